The van der Waals surface area contributed by atoms with E-state index in [-0.39, 0.29) is 5.92 Å². The third-order valence-corrected chi connectivity index (χ3v) is 4.54. The van der Waals surface area contributed by atoms with Gasteiger partial charge in [-0.2, -0.15) is 5.26 Å². The second-order valence-corrected chi connectivity index (χ2v) is 5.76. The average molecular weight is 294 g/mol. The number of carboxylic acids is 1. The van der Waals surface area contributed by atoms with Gasteiger partial charge in [0.05, 0.1) is 6.07 Å². The van der Waals surface area contributed by atoms with Crippen molar-refractivity contribution in [3.63, 3.8) is 0 Å². The van der Waals surface area contributed by atoms with Crippen LogP contribution in [0.25, 0.3) is 0 Å². The lowest BCUT2D eigenvalue weighted by atomic mass is 9.98. The summed E-state index contributed by atoms with van der Waals surface area (Å²) in [6, 6.07) is 9.47. The van der Waals surface area contributed by atoms with Crippen LogP contribution in [0.2, 0.25) is 0 Å². The van der Waals surface area contributed by atoms with Crippen molar-refractivity contribution in [1.29, 1.82) is 5.26 Å². The zero-order valence-electron chi connectivity index (χ0n) is 9.57. The first-order chi connectivity index (χ1) is 7.89. The second-order valence-electron chi connectivity index (χ2n) is 4.90. The molecular formula is C13H12BrNO2. The molecule has 0 amide bonds. The zero-order chi connectivity index (χ0) is 12.8. The van der Waals surface area contributed by atoms with Gasteiger partial charge in [0.1, 0.15) is 0 Å². The third kappa shape index (κ3) is 1.35. The van der Waals surface area contributed by atoms with Crippen LogP contribution < -0.4 is 0 Å². The molecule has 17 heavy (non-hydrogen) atoms. The van der Waals surface area contributed by atoms with Gasteiger partial charge in [-0.05, 0) is 11.6 Å². The molecule has 0 spiro atoms. The van der Waals surface area contributed by atoms with Crippen LogP contribution in [0.1, 0.15) is 25.3 Å². The van der Waals surface area contributed by atoms with E-state index in [2.05, 4.69) is 15.9 Å². The molecule has 1 aromatic rings. The molecule has 3 nitrogen and oxygen atoms in total. The van der Waals surface area contributed by atoms with Gasteiger partial charge in [-0.25, -0.2) is 0 Å². The van der Waals surface area contributed by atoms with Crippen LogP contribution in [-0.4, -0.2) is 11.1 Å². The molecular weight excluding hydrogens is 282 g/mol. The number of hydrogen-bond acceptors (Lipinski definition) is 2. The second kappa shape index (κ2) is 3.58. The first kappa shape index (κ1) is 12.1. The van der Waals surface area contributed by atoms with Crippen LogP contribution in [0.15, 0.2) is 28.7 Å². The van der Waals surface area contributed by atoms with Crippen molar-refractivity contribution in [2.24, 2.45) is 10.8 Å². The first-order valence-corrected chi connectivity index (χ1v) is 6.08. The summed E-state index contributed by atoms with van der Waals surface area (Å²) in [7, 11) is 0. The third-order valence-electron chi connectivity index (χ3n) is 3.82. The molecule has 2 rings (SSSR count). The van der Waals surface area contributed by atoms with Gasteiger partial charge >= 0.3 is 5.97 Å². The standard InChI is InChI=1S/C13H12BrNO2/c1-12(2)10(13(12,7-15)11(16)17)8-5-3-4-6-9(8)14/h3-6,10H,1-2H3,(H,16,17). The number of rotatable bonds is 2. The molecule has 0 saturated heterocycles. The van der Waals surface area contributed by atoms with Crippen molar-refractivity contribution in [2.45, 2.75) is 19.8 Å². The molecule has 1 aliphatic rings. The van der Waals surface area contributed by atoms with E-state index in [9.17, 15) is 15.2 Å². The first-order valence-electron chi connectivity index (χ1n) is 5.28. The zero-order valence-corrected chi connectivity index (χ0v) is 11.2. The van der Waals surface area contributed by atoms with Gasteiger partial charge in [-0.1, -0.05) is 48.0 Å². The number of carbonyl (C=O) groups is 1. The Labute approximate surface area is 108 Å². The molecule has 0 bridgehead atoms. The number of nitriles is 1. The quantitative estimate of drug-likeness (QED) is 0.911. The molecule has 88 valence electrons. The monoisotopic (exact) mass is 293 g/mol. The van der Waals surface area contributed by atoms with Gasteiger partial charge in [0.25, 0.3) is 0 Å². The number of aliphatic carboxylic acids is 1. The lowest BCUT2D eigenvalue weighted by molar-refractivity contribution is -0.142. The van der Waals surface area contributed by atoms with Crippen molar-refractivity contribution < 1.29 is 9.90 Å². The summed E-state index contributed by atoms with van der Waals surface area (Å²) >= 11 is 3.42. The van der Waals surface area contributed by atoms with Crippen LogP contribution in [-0.2, 0) is 4.79 Å². The van der Waals surface area contributed by atoms with Crippen molar-refractivity contribution in [2.75, 3.05) is 0 Å². The summed E-state index contributed by atoms with van der Waals surface area (Å²) in [5.41, 5.74) is -0.963. The molecule has 2 atom stereocenters. The van der Waals surface area contributed by atoms with E-state index in [1.165, 1.54) is 0 Å². The Morgan fingerprint density at radius 2 is 2.06 bits per heavy atom. The largest absolute Gasteiger partial charge is 0.480 e. The summed E-state index contributed by atoms with van der Waals surface area (Å²) in [6.07, 6.45) is 0. The van der Waals surface area contributed by atoms with E-state index in [1.807, 2.05) is 44.2 Å². The topological polar surface area (TPSA) is 61.1 Å². The van der Waals surface area contributed by atoms with Gasteiger partial charge in [0, 0.05) is 15.8 Å². The molecule has 1 N–H and O–H groups in total. The van der Waals surface area contributed by atoms with Gasteiger partial charge in [0.2, 0.25) is 0 Å². The minimum Gasteiger partial charge on any atom is -0.480 e. The van der Waals surface area contributed by atoms with Gasteiger partial charge in [-0.15, -0.1) is 0 Å². The molecule has 0 aromatic heterocycles. The highest BCUT2D eigenvalue weighted by Crippen LogP contribution is 2.74. The maximum atomic E-state index is 11.4. The van der Waals surface area contributed by atoms with Crippen LogP contribution in [0.4, 0.5) is 0 Å². The van der Waals surface area contributed by atoms with Crippen LogP contribution in [0, 0.1) is 22.2 Å². The molecule has 0 radical (unpaired) electrons. The minimum atomic E-state index is -1.31. The van der Waals surface area contributed by atoms with E-state index >= 15 is 0 Å². The lowest BCUT2D eigenvalue weighted by Crippen LogP contribution is -2.19. The lowest BCUT2D eigenvalue weighted by Gasteiger charge is -2.04. The van der Waals surface area contributed by atoms with Crippen molar-refractivity contribution >= 4 is 21.9 Å². The highest BCUT2D eigenvalue weighted by Gasteiger charge is 2.77. The predicted molar refractivity (Wildman–Crippen MR) is 66.3 cm³/mol. The Balaban J connectivity index is 2.55. The van der Waals surface area contributed by atoms with Crippen LogP contribution >= 0.6 is 15.9 Å². The van der Waals surface area contributed by atoms with E-state index in [0.717, 1.165) is 10.0 Å². The van der Waals surface area contributed by atoms with Gasteiger partial charge < -0.3 is 5.11 Å². The minimum absolute atomic E-state index is 0.270. The van der Waals surface area contributed by atoms with Gasteiger partial charge in [-0.3, -0.25) is 4.79 Å². The Morgan fingerprint density at radius 1 is 1.47 bits per heavy atom. The number of halogens is 1. The van der Waals surface area contributed by atoms with Crippen molar-refractivity contribution in [3.8, 4) is 6.07 Å². The normalized spacial score (nSPS) is 29.4. The fourth-order valence-corrected chi connectivity index (χ4v) is 3.26. The molecule has 1 aromatic carbocycles. The number of nitrogens with zero attached hydrogens (tertiary/aromatic N) is 1. The molecule has 1 saturated carbocycles. The number of hydrogen-bond donors (Lipinski definition) is 1. The Morgan fingerprint density at radius 3 is 2.47 bits per heavy atom. The maximum Gasteiger partial charge on any atom is 0.325 e. The smallest absolute Gasteiger partial charge is 0.325 e. The number of carboxylic acid groups (broad SMARTS) is 1. The number of benzene rings is 1. The maximum absolute atomic E-state index is 11.4. The molecule has 0 aliphatic heterocycles. The highest BCUT2D eigenvalue weighted by atomic mass is 79.9. The average Bonchev–Trinajstić information content (AvgIpc) is 2.77. The molecule has 4 heteroatoms. The Bertz CT molecular complexity index is 532. The van der Waals surface area contributed by atoms with E-state index < -0.39 is 16.8 Å². The summed E-state index contributed by atoms with van der Waals surface area (Å²) in [6.45, 7) is 3.66. The van der Waals surface area contributed by atoms with Crippen LogP contribution in [0.5, 0.6) is 0 Å². The van der Waals surface area contributed by atoms with E-state index in [0.29, 0.717) is 0 Å². The fourth-order valence-electron chi connectivity index (χ4n) is 2.75. The fraction of sp³-hybridized carbons (Fsp3) is 0.385. The molecule has 2 unspecified atom stereocenters. The van der Waals surface area contributed by atoms with Crippen molar-refractivity contribution in [1.82, 2.24) is 0 Å². The Kier molecular flexibility index (Phi) is 2.55. The summed E-state index contributed by atoms with van der Waals surface area (Å²) in [4.78, 5) is 11.4. The summed E-state index contributed by atoms with van der Waals surface area (Å²) < 4.78 is 0.858. The summed E-state index contributed by atoms with van der Waals surface area (Å²) in [5.74, 6) is -1.31. The SMILES string of the molecule is CC1(C)C(c2ccccc2Br)C1(C#N)C(=O)O. The Hall–Kier alpha value is -1.34. The van der Waals surface area contributed by atoms with E-state index in [1.54, 1.807) is 0 Å². The van der Waals surface area contributed by atoms with Crippen LogP contribution in [0.3, 0.4) is 0 Å². The molecule has 1 fully saturated rings. The summed E-state index contributed by atoms with van der Waals surface area (Å²) in [5, 5.41) is 18.6. The van der Waals surface area contributed by atoms with Crippen molar-refractivity contribution in [3.05, 3.63) is 34.3 Å². The van der Waals surface area contributed by atoms with Gasteiger partial charge in [0.15, 0.2) is 5.41 Å². The van der Waals surface area contributed by atoms with E-state index in [4.69, 9.17) is 0 Å². The molecule has 0 heterocycles. The highest BCUT2D eigenvalue weighted by molar-refractivity contribution is 9.10. The predicted octanol–water partition coefficient (Wildman–Crippen LogP) is 3.17. The molecule has 1 aliphatic carbocycles.